The Morgan fingerprint density at radius 2 is 1.86 bits per heavy atom. The van der Waals surface area contributed by atoms with Gasteiger partial charge in [-0.3, -0.25) is 4.90 Å². The molecule has 1 fully saturated rings. The first-order chi connectivity index (χ1) is 9.83. The molecule has 0 saturated carbocycles. The summed E-state index contributed by atoms with van der Waals surface area (Å²) in [5, 5.41) is 3.57. The van der Waals surface area contributed by atoms with E-state index in [4.69, 9.17) is 0 Å². The highest BCUT2D eigenvalue weighted by Gasteiger charge is 2.22. The van der Waals surface area contributed by atoms with Crippen LogP contribution in [0.3, 0.4) is 0 Å². The summed E-state index contributed by atoms with van der Waals surface area (Å²) in [5.41, 5.74) is 3.01. The zero-order valence-corrected chi connectivity index (χ0v) is 14.4. The molecule has 1 N–H and O–H groups in total. The van der Waals surface area contributed by atoms with Gasteiger partial charge < -0.3 is 5.32 Å². The molecular weight excluding hydrogens is 256 g/mol. The number of likely N-dealkylation sites (tertiary alicyclic amines) is 1. The molecule has 1 saturated heterocycles. The van der Waals surface area contributed by atoms with Crippen LogP contribution in [0.4, 0.5) is 0 Å². The molecule has 1 heterocycles. The summed E-state index contributed by atoms with van der Waals surface area (Å²) in [7, 11) is 0. The van der Waals surface area contributed by atoms with Gasteiger partial charge in [0.2, 0.25) is 0 Å². The summed E-state index contributed by atoms with van der Waals surface area (Å²) in [6.07, 6.45) is 2.72. The quantitative estimate of drug-likeness (QED) is 0.893. The SMILES string of the molecule is CC1CCC(C)N(Cc2cccc(CNC(C)(C)C)c2)C1. The van der Waals surface area contributed by atoms with Crippen molar-refractivity contribution in [1.82, 2.24) is 10.2 Å². The molecule has 1 aromatic carbocycles. The Morgan fingerprint density at radius 3 is 2.57 bits per heavy atom. The summed E-state index contributed by atoms with van der Waals surface area (Å²) in [5.74, 6) is 0.840. The van der Waals surface area contributed by atoms with Crippen LogP contribution in [0.2, 0.25) is 0 Å². The molecule has 118 valence electrons. The van der Waals surface area contributed by atoms with Crippen molar-refractivity contribution in [3.63, 3.8) is 0 Å². The van der Waals surface area contributed by atoms with Crippen LogP contribution >= 0.6 is 0 Å². The van der Waals surface area contributed by atoms with Gasteiger partial charge in [-0.05, 0) is 57.6 Å². The summed E-state index contributed by atoms with van der Waals surface area (Å²) < 4.78 is 0. The van der Waals surface area contributed by atoms with Crippen LogP contribution in [-0.2, 0) is 13.1 Å². The number of benzene rings is 1. The highest BCUT2D eigenvalue weighted by Crippen LogP contribution is 2.23. The van der Waals surface area contributed by atoms with Gasteiger partial charge in [-0.2, -0.15) is 0 Å². The molecule has 0 spiro atoms. The van der Waals surface area contributed by atoms with Crippen molar-refractivity contribution in [2.75, 3.05) is 6.54 Å². The van der Waals surface area contributed by atoms with E-state index in [0.717, 1.165) is 25.0 Å². The van der Waals surface area contributed by atoms with Gasteiger partial charge in [0.05, 0.1) is 0 Å². The number of rotatable bonds is 4. The minimum Gasteiger partial charge on any atom is -0.308 e. The Bertz CT molecular complexity index is 447. The van der Waals surface area contributed by atoms with Crippen molar-refractivity contribution >= 4 is 0 Å². The average Bonchev–Trinajstić information content (AvgIpc) is 2.40. The number of hydrogen-bond donors (Lipinski definition) is 1. The van der Waals surface area contributed by atoms with Crippen LogP contribution in [0.15, 0.2) is 24.3 Å². The van der Waals surface area contributed by atoms with Gasteiger partial charge in [-0.1, -0.05) is 31.2 Å². The maximum Gasteiger partial charge on any atom is 0.0236 e. The Kier molecular flexibility index (Phi) is 5.45. The lowest BCUT2D eigenvalue weighted by molar-refractivity contribution is 0.117. The minimum absolute atomic E-state index is 0.173. The maximum absolute atomic E-state index is 3.57. The first-order valence-corrected chi connectivity index (χ1v) is 8.40. The standard InChI is InChI=1S/C19H32N2/c1-15-9-10-16(2)21(13-15)14-18-8-6-7-17(11-18)12-20-19(3,4)5/h6-8,11,15-16,20H,9-10,12-14H2,1-5H3. The van der Waals surface area contributed by atoms with E-state index in [1.54, 1.807) is 0 Å². The smallest absolute Gasteiger partial charge is 0.0236 e. The van der Waals surface area contributed by atoms with Crippen LogP contribution in [-0.4, -0.2) is 23.0 Å². The van der Waals surface area contributed by atoms with Crippen LogP contribution in [0, 0.1) is 5.92 Å². The highest BCUT2D eigenvalue weighted by molar-refractivity contribution is 5.23. The summed E-state index contributed by atoms with van der Waals surface area (Å²) in [6, 6.07) is 9.78. The second kappa shape index (κ2) is 6.93. The minimum atomic E-state index is 0.173. The zero-order chi connectivity index (χ0) is 15.5. The number of piperidine rings is 1. The van der Waals surface area contributed by atoms with Crippen molar-refractivity contribution in [3.05, 3.63) is 35.4 Å². The van der Waals surface area contributed by atoms with Gasteiger partial charge in [0, 0.05) is 31.2 Å². The van der Waals surface area contributed by atoms with Crippen LogP contribution in [0.5, 0.6) is 0 Å². The molecule has 0 amide bonds. The van der Waals surface area contributed by atoms with Crippen LogP contribution in [0.1, 0.15) is 58.6 Å². The topological polar surface area (TPSA) is 15.3 Å². The Labute approximate surface area is 130 Å². The average molecular weight is 288 g/mol. The fourth-order valence-electron chi connectivity index (χ4n) is 3.04. The molecule has 2 rings (SSSR count). The van der Waals surface area contributed by atoms with Gasteiger partial charge in [0.15, 0.2) is 0 Å². The summed E-state index contributed by atoms with van der Waals surface area (Å²) in [4.78, 5) is 2.64. The Morgan fingerprint density at radius 1 is 1.14 bits per heavy atom. The summed E-state index contributed by atoms with van der Waals surface area (Å²) in [6.45, 7) is 14.7. The molecule has 2 heteroatoms. The molecule has 0 bridgehead atoms. The van der Waals surface area contributed by atoms with Crippen molar-refractivity contribution in [1.29, 1.82) is 0 Å². The zero-order valence-electron chi connectivity index (χ0n) is 14.4. The molecule has 2 unspecified atom stereocenters. The van der Waals surface area contributed by atoms with E-state index < -0.39 is 0 Å². The predicted octanol–water partition coefficient (Wildman–Crippen LogP) is 4.20. The lowest BCUT2D eigenvalue weighted by Crippen LogP contribution is -2.40. The van der Waals surface area contributed by atoms with E-state index in [0.29, 0.717) is 0 Å². The molecule has 1 aliphatic heterocycles. The largest absolute Gasteiger partial charge is 0.308 e. The lowest BCUT2D eigenvalue weighted by Gasteiger charge is -2.36. The summed E-state index contributed by atoms with van der Waals surface area (Å²) >= 11 is 0. The highest BCUT2D eigenvalue weighted by atomic mass is 15.2. The second-order valence-electron chi connectivity index (χ2n) is 7.88. The molecule has 1 aromatic rings. The molecule has 2 atom stereocenters. The monoisotopic (exact) mass is 288 g/mol. The van der Waals surface area contributed by atoms with Crippen LogP contribution < -0.4 is 5.32 Å². The third-order valence-electron chi connectivity index (χ3n) is 4.45. The fraction of sp³-hybridized carbons (Fsp3) is 0.684. The Balaban J connectivity index is 1.97. The maximum atomic E-state index is 3.57. The van der Waals surface area contributed by atoms with E-state index in [9.17, 15) is 0 Å². The molecule has 1 aliphatic rings. The van der Waals surface area contributed by atoms with E-state index >= 15 is 0 Å². The fourth-order valence-corrected chi connectivity index (χ4v) is 3.04. The molecule has 0 aliphatic carbocycles. The normalized spacial score (nSPS) is 24.2. The molecule has 21 heavy (non-hydrogen) atoms. The lowest BCUT2D eigenvalue weighted by atomic mass is 9.94. The predicted molar refractivity (Wildman–Crippen MR) is 91.3 cm³/mol. The van der Waals surface area contributed by atoms with Gasteiger partial charge >= 0.3 is 0 Å². The third-order valence-corrected chi connectivity index (χ3v) is 4.45. The van der Waals surface area contributed by atoms with Gasteiger partial charge in [-0.25, -0.2) is 0 Å². The number of nitrogens with one attached hydrogen (secondary N) is 1. The van der Waals surface area contributed by atoms with Crippen molar-refractivity contribution < 1.29 is 0 Å². The first kappa shape index (κ1) is 16.5. The van der Waals surface area contributed by atoms with Gasteiger partial charge in [-0.15, -0.1) is 0 Å². The second-order valence-corrected chi connectivity index (χ2v) is 7.88. The molecular formula is C19H32N2. The first-order valence-electron chi connectivity index (χ1n) is 8.40. The van der Waals surface area contributed by atoms with Crippen LogP contribution in [0.25, 0.3) is 0 Å². The Hall–Kier alpha value is -0.860. The van der Waals surface area contributed by atoms with E-state index in [1.807, 2.05) is 0 Å². The van der Waals surface area contributed by atoms with E-state index in [2.05, 4.69) is 69.1 Å². The number of hydrogen-bond acceptors (Lipinski definition) is 2. The van der Waals surface area contributed by atoms with E-state index in [1.165, 1.54) is 30.5 Å². The molecule has 0 radical (unpaired) electrons. The third kappa shape index (κ3) is 5.44. The van der Waals surface area contributed by atoms with Gasteiger partial charge in [0.1, 0.15) is 0 Å². The van der Waals surface area contributed by atoms with Crippen molar-refractivity contribution in [2.24, 2.45) is 5.92 Å². The van der Waals surface area contributed by atoms with E-state index in [-0.39, 0.29) is 5.54 Å². The van der Waals surface area contributed by atoms with Gasteiger partial charge in [0.25, 0.3) is 0 Å². The van der Waals surface area contributed by atoms with Crippen molar-refractivity contribution in [2.45, 2.75) is 72.1 Å². The number of nitrogens with zero attached hydrogens (tertiary/aromatic N) is 1. The van der Waals surface area contributed by atoms with Crippen molar-refractivity contribution in [3.8, 4) is 0 Å². The molecule has 2 nitrogen and oxygen atoms in total. The molecule has 0 aromatic heterocycles.